The van der Waals surface area contributed by atoms with Crippen molar-refractivity contribution in [3.63, 3.8) is 0 Å². The zero-order valence-electron chi connectivity index (χ0n) is 18.6. The Morgan fingerprint density at radius 3 is 2.50 bits per heavy atom. The zero-order chi connectivity index (χ0) is 25.1. The summed E-state index contributed by atoms with van der Waals surface area (Å²) in [5, 5.41) is 14.1. The second-order valence-corrected chi connectivity index (χ2v) is 9.10. The summed E-state index contributed by atoms with van der Waals surface area (Å²) in [7, 11) is 1.99. The third-order valence-corrected chi connectivity index (χ3v) is 6.56. The van der Waals surface area contributed by atoms with Crippen molar-refractivity contribution in [3.05, 3.63) is 46.7 Å². The third-order valence-electron chi connectivity index (χ3n) is 5.88. The van der Waals surface area contributed by atoms with Crippen molar-refractivity contribution in [1.29, 1.82) is 0 Å². The van der Waals surface area contributed by atoms with E-state index in [-0.39, 0.29) is 17.5 Å². The van der Waals surface area contributed by atoms with Gasteiger partial charge in [0.2, 0.25) is 5.91 Å². The summed E-state index contributed by atoms with van der Waals surface area (Å²) in [6.45, 7) is 4.31. The Morgan fingerprint density at radius 2 is 1.91 bits per heavy atom. The molecule has 1 unspecified atom stereocenters. The molecule has 1 aromatic carbocycles. The molecule has 2 N–H and O–H groups in total. The van der Waals surface area contributed by atoms with E-state index in [4.69, 9.17) is 9.90 Å². The highest BCUT2D eigenvalue weighted by Gasteiger charge is 2.48. The molecule has 12 heteroatoms. The molecule has 0 saturated carbocycles. The summed E-state index contributed by atoms with van der Waals surface area (Å²) < 4.78 is 31.7. The monoisotopic (exact) mass is 498 g/mol. The SMILES string of the molecule is Cc1cccc(NC(=O)N2CCC3(C2)CN(c2ccsc2)C(=O)CN3C)c1.O=C(O)C(F)(F)F. The van der Waals surface area contributed by atoms with Crippen LogP contribution in [-0.2, 0) is 9.59 Å². The Kier molecular flexibility index (Phi) is 7.51. The van der Waals surface area contributed by atoms with Crippen molar-refractivity contribution in [2.75, 3.05) is 43.4 Å². The molecule has 0 aliphatic carbocycles. The van der Waals surface area contributed by atoms with Gasteiger partial charge in [-0.1, -0.05) is 12.1 Å². The number of aliphatic carboxylic acids is 1. The molecule has 184 valence electrons. The Bertz CT molecular complexity index is 1050. The van der Waals surface area contributed by atoms with Crippen LogP contribution in [0.4, 0.5) is 29.3 Å². The molecule has 4 rings (SSSR count). The van der Waals surface area contributed by atoms with Crippen molar-refractivity contribution < 1.29 is 32.7 Å². The first-order valence-electron chi connectivity index (χ1n) is 10.4. The highest BCUT2D eigenvalue weighted by molar-refractivity contribution is 7.08. The number of halogens is 3. The number of carboxylic acids is 1. The number of likely N-dealkylation sites (tertiary alicyclic amines) is 1. The number of nitrogens with one attached hydrogen (secondary N) is 1. The van der Waals surface area contributed by atoms with Gasteiger partial charge in [-0.2, -0.15) is 24.5 Å². The zero-order valence-corrected chi connectivity index (χ0v) is 19.4. The van der Waals surface area contributed by atoms with Crippen LogP contribution < -0.4 is 10.2 Å². The predicted molar refractivity (Wildman–Crippen MR) is 122 cm³/mol. The van der Waals surface area contributed by atoms with E-state index in [2.05, 4.69) is 10.2 Å². The number of anilines is 2. The van der Waals surface area contributed by atoms with Crippen LogP contribution in [0.25, 0.3) is 0 Å². The number of nitrogens with zero attached hydrogens (tertiary/aromatic N) is 3. The molecule has 3 amide bonds. The summed E-state index contributed by atoms with van der Waals surface area (Å²) in [5.74, 6) is -2.64. The van der Waals surface area contributed by atoms with Crippen LogP contribution in [0.3, 0.4) is 0 Å². The van der Waals surface area contributed by atoms with Crippen LogP contribution in [0, 0.1) is 6.92 Å². The summed E-state index contributed by atoms with van der Waals surface area (Å²) in [6, 6.07) is 9.72. The Balaban J connectivity index is 0.000000406. The van der Waals surface area contributed by atoms with Gasteiger partial charge in [-0.15, -0.1) is 0 Å². The van der Waals surface area contributed by atoms with Gasteiger partial charge in [-0.3, -0.25) is 9.69 Å². The van der Waals surface area contributed by atoms with Gasteiger partial charge in [0, 0.05) is 30.7 Å². The molecule has 2 aromatic rings. The first-order valence-corrected chi connectivity index (χ1v) is 11.3. The van der Waals surface area contributed by atoms with Gasteiger partial charge in [-0.25, -0.2) is 9.59 Å². The third kappa shape index (κ3) is 5.86. The summed E-state index contributed by atoms with van der Waals surface area (Å²) in [6.07, 6.45) is -4.22. The fourth-order valence-corrected chi connectivity index (χ4v) is 4.64. The number of carbonyl (C=O) groups is 3. The van der Waals surface area contributed by atoms with Crippen LogP contribution in [0.5, 0.6) is 0 Å². The van der Waals surface area contributed by atoms with Crippen LogP contribution in [0.2, 0.25) is 0 Å². The molecule has 2 saturated heterocycles. The molecule has 1 atom stereocenters. The molecule has 34 heavy (non-hydrogen) atoms. The number of alkyl halides is 3. The van der Waals surface area contributed by atoms with Gasteiger partial charge in [-0.05, 0) is 49.5 Å². The number of thiophene rings is 1. The molecule has 0 radical (unpaired) electrons. The van der Waals surface area contributed by atoms with Crippen LogP contribution in [-0.4, -0.2) is 77.8 Å². The largest absolute Gasteiger partial charge is 0.490 e. The maximum Gasteiger partial charge on any atom is 0.490 e. The molecular formula is C22H25F3N4O4S. The number of hydrogen-bond acceptors (Lipinski definition) is 5. The van der Waals surface area contributed by atoms with E-state index in [1.54, 1.807) is 11.3 Å². The Labute approximate surface area is 198 Å². The smallest absolute Gasteiger partial charge is 0.475 e. The standard InChI is InChI=1S/C20H24N4O2S.C2HF3O2/c1-15-4-3-5-16(10-15)21-19(26)23-8-7-20(13-23)14-24(17-6-9-27-12-17)18(25)11-22(20)2;3-2(4,5)1(6)7/h3-6,9-10,12H,7-8,11,13-14H2,1-2H3,(H,21,26);(H,6,7). The highest BCUT2D eigenvalue weighted by Crippen LogP contribution is 2.34. The van der Waals surface area contributed by atoms with Crippen LogP contribution in [0.1, 0.15) is 12.0 Å². The number of aryl methyl sites for hydroxylation is 1. The maximum absolute atomic E-state index is 12.8. The topological polar surface area (TPSA) is 93.2 Å². The van der Waals surface area contributed by atoms with Crippen molar-refractivity contribution in [2.45, 2.75) is 25.1 Å². The minimum Gasteiger partial charge on any atom is -0.475 e. The summed E-state index contributed by atoms with van der Waals surface area (Å²) in [4.78, 5) is 40.0. The molecular weight excluding hydrogens is 473 g/mol. The van der Waals surface area contributed by atoms with Crippen molar-refractivity contribution in [2.24, 2.45) is 0 Å². The minimum atomic E-state index is -5.08. The van der Waals surface area contributed by atoms with E-state index < -0.39 is 12.1 Å². The van der Waals surface area contributed by atoms with Crippen molar-refractivity contribution in [1.82, 2.24) is 9.80 Å². The Morgan fingerprint density at radius 1 is 1.21 bits per heavy atom. The normalized spacial score (nSPS) is 20.8. The number of amides is 3. The lowest BCUT2D eigenvalue weighted by atomic mass is 9.93. The van der Waals surface area contributed by atoms with E-state index in [0.29, 0.717) is 26.2 Å². The minimum absolute atomic E-state index is 0.0788. The lowest BCUT2D eigenvalue weighted by Gasteiger charge is -2.46. The van der Waals surface area contributed by atoms with Crippen LogP contribution >= 0.6 is 11.3 Å². The molecule has 2 aliphatic rings. The van der Waals surface area contributed by atoms with E-state index in [1.165, 1.54) is 0 Å². The second kappa shape index (κ2) is 10.0. The first-order chi connectivity index (χ1) is 15.9. The average molecular weight is 499 g/mol. The number of likely N-dealkylation sites (N-methyl/N-ethyl adjacent to an activating group) is 1. The van der Waals surface area contributed by atoms with Gasteiger partial charge in [0.25, 0.3) is 0 Å². The predicted octanol–water partition coefficient (Wildman–Crippen LogP) is 3.64. The van der Waals surface area contributed by atoms with Gasteiger partial charge in [0.1, 0.15) is 0 Å². The van der Waals surface area contributed by atoms with Crippen molar-refractivity contribution >= 4 is 40.6 Å². The maximum atomic E-state index is 12.8. The molecule has 1 spiro atoms. The summed E-state index contributed by atoms with van der Waals surface area (Å²) >= 11 is 1.59. The highest BCUT2D eigenvalue weighted by atomic mass is 32.1. The van der Waals surface area contributed by atoms with Crippen LogP contribution in [0.15, 0.2) is 41.1 Å². The van der Waals surface area contributed by atoms with Gasteiger partial charge < -0.3 is 20.2 Å². The molecule has 2 fully saturated rings. The second-order valence-electron chi connectivity index (χ2n) is 8.32. The number of urea groups is 1. The van der Waals surface area contributed by atoms with E-state index in [0.717, 1.165) is 23.4 Å². The number of rotatable bonds is 2. The van der Waals surface area contributed by atoms with Gasteiger partial charge in [0.05, 0.1) is 17.8 Å². The van der Waals surface area contributed by atoms with E-state index in [1.807, 2.05) is 64.9 Å². The molecule has 0 bridgehead atoms. The van der Waals surface area contributed by atoms with Crippen molar-refractivity contribution in [3.8, 4) is 0 Å². The lowest BCUT2D eigenvalue weighted by Crippen LogP contribution is -2.64. The summed E-state index contributed by atoms with van der Waals surface area (Å²) in [5.41, 5.74) is 2.69. The first kappa shape index (κ1) is 25.5. The number of hydrogen-bond donors (Lipinski definition) is 2. The number of piperazine rings is 1. The van der Waals surface area contributed by atoms with E-state index >= 15 is 0 Å². The Hall–Kier alpha value is -3.12. The van der Waals surface area contributed by atoms with Gasteiger partial charge >= 0.3 is 18.2 Å². The van der Waals surface area contributed by atoms with E-state index in [9.17, 15) is 22.8 Å². The lowest BCUT2D eigenvalue weighted by molar-refractivity contribution is -0.192. The fourth-order valence-electron chi connectivity index (χ4n) is 4.00. The quantitative estimate of drug-likeness (QED) is 0.660. The van der Waals surface area contributed by atoms with Gasteiger partial charge in [0.15, 0.2) is 0 Å². The molecule has 2 aliphatic heterocycles. The number of carboxylic acid groups (broad SMARTS) is 1. The fraction of sp³-hybridized carbons (Fsp3) is 0.409. The number of benzene rings is 1. The average Bonchev–Trinajstić information content (AvgIpc) is 3.42. The number of carbonyl (C=O) groups excluding carboxylic acids is 2. The molecule has 1 aromatic heterocycles. The molecule has 3 heterocycles. The molecule has 8 nitrogen and oxygen atoms in total.